The summed E-state index contributed by atoms with van der Waals surface area (Å²) in [5.41, 5.74) is 1.44. The second kappa shape index (κ2) is 7.84. The molecule has 3 aromatic rings. The van der Waals surface area contributed by atoms with Crippen LogP contribution in [0.5, 0.6) is 5.75 Å². The van der Waals surface area contributed by atoms with E-state index in [2.05, 4.69) is 5.32 Å². The molecule has 0 aliphatic rings. The minimum Gasteiger partial charge on any atom is -0.493 e. The number of benzene rings is 2. The molecule has 0 unspecified atom stereocenters. The van der Waals surface area contributed by atoms with E-state index in [1.54, 1.807) is 18.2 Å². The number of anilines is 1. The molecule has 26 heavy (non-hydrogen) atoms. The zero-order valence-electron chi connectivity index (χ0n) is 14.6. The van der Waals surface area contributed by atoms with Crippen LogP contribution in [0.4, 0.5) is 5.69 Å². The molecule has 1 aromatic heterocycles. The highest BCUT2D eigenvalue weighted by atomic mass is 16.5. The minimum absolute atomic E-state index is 0.0518. The van der Waals surface area contributed by atoms with Crippen LogP contribution >= 0.6 is 0 Å². The normalized spacial score (nSPS) is 10.7. The van der Waals surface area contributed by atoms with Crippen LogP contribution in [0.25, 0.3) is 22.3 Å². The Morgan fingerprint density at radius 1 is 1.15 bits per heavy atom. The number of ether oxygens (including phenoxy) is 2. The van der Waals surface area contributed by atoms with E-state index in [9.17, 15) is 9.59 Å². The number of amides is 1. The van der Waals surface area contributed by atoms with Gasteiger partial charge in [-0.05, 0) is 31.2 Å². The van der Waals surface area contributed by atoms with E-state index in [4.69, 9.17) is 13.9 Å². The van der Waals surface area contributed by atoms with E-state index in [1.807, 2.05) is 31.2 Å². The summed E-state index contributed by atoms with van der Waals surface area (Å²) in [5, 5.41) is 3.13. The van der Waals surface area contributed by atoms with Gasteiger partial charge in [-0.1, -0.05) is 12.1 Å². The average molecular weight is 353 g/mol. The Hall–Kier alpha value is -3.12. The lowest BCUT2D eigenvalue weighted by atomic mass is 10.1. The first-order valence-electron chi connectivity index (χ1n) is 8.21. The van der Waals surface area contributed by atoms with Crippen molar-refractivity contribution in [2.45, 2.75) is 6.92 Å². The first-order valence-corrected chi connectivity index (χ1v) is 8.21. The summed E-state index contributed by atoms with van der Waals surface area (Å²) in [7, 11) is 1.45. The van der Waals surface area contributed by atoms with E-state index in [0.717, 1.165) is 0 Å². The molecule has 2 aromatic carbocycles. The minimum atomic E-state index is -0.285. The molecule has 0 atom stereocenters. The van der Waals surface area contributed by atoms with Gasteiger partial charge in [-0.15, -0.1) is 0 Å². The van der Waals surface area contributed by atoms with Gasteiger partial charge in [0.05, 0.1) is 17.6 Å². The largest absolute Gasteiger partial charge is 0.493 e. The van der Waals surface area contributed by atoms with Crippen LogP contribution in [0.2, 0.25) is 0 Å². The van der Waals surface area contributed by atoms with E-state index in [-0.39, 0.29) is 17.9 Å². The number of para-hydroxylation sites is 1. The van der Waals surface area contributed by atoms with Crippen molar-refractivity contribution < 1.29 is 18.7 Å². The summed E-state index contributed by atoms with van der Waals surface area (Å²) in [6.45, 7) is 2.34. The molecule has 0 bridgehead atoms. The van der Waals surface area contributed by atoms with Crippen molar-refractivity contribution >= 4 is 22.6 Å². The summed E-state index contributed by atoms with van der Waals surface area (Å²) < 4.78 is 16.3. The Morgan fingerprint density at radius 3 is 2.73 bits per heavy atom. The van der Waals surface area contributed by atoms with Crippen molar-refractivity contribution in [3.8, 4) is 17.1 Å². The Bertz CT molecular complexity index is 993. The van der Waals surface area contributed by atoms with E-state index in [0.29, 0.717) is 40.3 Å². The van der Waals surface area contributed by atoms with Crippen molar-refractivity contribution in [1.29, 1.82) is 0 Å². The molecule has 1 heterocycles. The van der Waals surface area contributed by atoms with Crippen LogP contribution in [0.3, 0.4) is 0 Å². The molecule has 0 aliphatic carbocycles. The van der Waals surface area contributed by atoms with E-state index < -0.39 is 0 Å². The van der Waals surface area contributed by atoms with Crippen molar-refractivity contribution in [2.75, 3.05) is 25.6 Å². The van der Waals surface area contributed by atoms with Crippen LogP contribution < -0.4 is 15.5 Å². The Labute approximate surface area is 150 Å². The lowest BCUT2D eigenvalue weighted by Gasteiger charge is -2.10. The number of methoxy groups -OCH3 is 1. The van der Waals surface area contributed by atoms with Crippen LogP contribution in [-0.2, 0) is 9.53 Å². The van der Waals surface area contributed by atoms with Crippen LogP contribution in [0, 0.1) is 0 Å². The van der Waals surface area contributed by atoms with Gasteiger partial charge in [-0.2, -0.15) is 0 Å². The fraction of sp³-hybridized carbons (Fsp3) is 0.200. The topological polar surface area (TPSA) is 77.8 Å². The number of rotatable bonds is 6. The van der Waals surface area contributed by atoms with E-state index in [1.165, 1.54) is 13.2 Å². The molecular weight excluding hydrogens is 334 g/mol. The van der Waals surface area contributed by atoms with Gasteiger partial charge in [-0.25, -0.2) is 0 Å². The molecule has 6 heteroatoms. The van der Waals surface area contributed by atoms with Gasteiger partial charge in [-0.3, -0.25) is 9.59 Å². The predicted octanol–water partition coefficient (Wildman–Crippen LogP) is 3.44. The Balaban J connectivity index is 2.06. The predicted molar refractivity (Wildman–Crippen MR) is 99.6 cm³/mol. The number of fused-ring (bicyclic) bond motifs is 1. The highest BCUT2D eigenvalue weighted by Gasteiger charge is 2.12. The van der Waals surface area contributed by atoms with Crippen molar-refractivity contribution in [1.82, 2.24) is 0 Å². The molecular formula is C20H19NO5. The van der Waals surface area contributed by atoms with Gasteiger partial charge < -0.3 is 19.2 Å². The standard InChI is InChI=1S/C20H19NO5/c1-3-25-17-7-5-4-6-15(17)19-11-16(22)14-9-8-13(10-18(14)26-19)21-20(23)12-24-2/h4-11H,3,12H2,1-2H3,(H,21,23). The number of nitrogens with one attached hydrogen (secondary N) is 1. The van der Waals surface area contributed by atoms with Crippen LogP contribution in [0.1, 0.15) is 6.92 Å². The Morgan fingerprint density at radius 2 is 1.96 bits per heavy atom. The second-order valence-corrected chi connectivity index (χ2v) is 5.60. The molecule has 1 amide bonds. The fourth-order valence-electron chi connectivity index (χ4n) is 2.65. The fourth-order valence-corrected chi connectivity index (χ4v) is 2.65. The molecule has 134 valence electrons. The van der Waals surface area contributed by atoms with Crippen molar-refractivity contribution in [3.05, 3.63) is 58.8 Å². The van der Waals surface area contributed by atoms with Gasteiger partial charge in [0.1, 0.15) is 23.7 Å². The lowest BCUT2D eigenvalue weighted by Crippen LogP contribution is -2.17. The maximum atomic E-state index is 12.5. The third-order valence-corrected chi connectivity index (χ3v) is 3.74. The molecule has 0 radical (unpaired) electrons. The lowest BCUT2D eigenvalue weighted by molar-refractivity contribution is -0.119. The van der Waals surface area contributed by atoms with Gasteiger partial charge in [0.15, 0.2) is 5.43 Å². The second-order valence-electron chi connectivity index (χ2n) is 5.60. The number of carbonyl (C=O) groups is 1. The third-order valence-electron chi connectivity index (χ3n) is 3.74. The molecule has 6 nitrogen and oxygen atoms in total. The van der Waals surface area contributed by atoms with Crippen LogP contribution in [0.15, 0.2) is 57.7 Å². The summed E-state index contributed by atoms with van der Waals surface area (Å²) in [6, 6.07) is 13.7. The molecule has 0 aliphatic heterocycles. The smallest absolute Gasteiger partial charge is 0.250 e. The first-order chi connectivity index (χ1) is 12.6. The number of hydrogen-bond acceptors (Lipinski definition) is 5. The van der Waals surface area contributed by atoms with Gasteiger partial charge in [0, 0.05) is 24.9 Å². The maximum absolute atomic E-state index is 12.5. The number of hydrogen-bond donors (Lipinski definition) is 1. The highest BCUT2D eigenvalue weighted by molar-refractivity contribution is 5.94. The summed E-state index contributed by atoms with van der Waals surface area (Å²) in [6.07, 6.45) is 0. The molecule has 1 N–H and O–H groups in total. The monoisotopic (exact) mass is 353 g/mol. The van der Waals surface area contributed by atoms with Gasteiger partial charge >= 0.3 is 0 Å². The molecule has 0 saturated carbocycles. The van der Waals surface area contributed by atoms with Crippen molar-refractivity contribution in [3.63, 3.8) is 0 Å². The molecule has 0 saturated heterocycles. The SMILES string of the molecule is CCOc1ccccc1-c1cc(=O)c2ccc(NC(=O)COC)cc2o1. The quantitative estimate of drug-likeness (QED) is 0.734. The van der Waals surface area contributed by atoms with Gasteiger partial charge in [0.25, 0.3) is 0 Å². The summed E-state index contributed by atoms with van der Waals surface area (Å²) >= 11 is 0. The van der Waals surface area contributed by atoms with Crippen LogP contribution in [-0.4, -0.2) is 26.2 Å². The van der Waals surface area contributed by atoms with Gasteiger partial charge in [0.2, 0.25) is 5.91 Å². The van der Waals surface area contributed by atoms with Crippen molar-refractivity contribution in [2.24, 2.45) is 0 Å². The third kappa shape index (κ3) is 3.75. The molecule has 0 fully saturated rings. The summed E-state index contributed by atoms with van der Waals surface area (Å²) in [4.78, 5) is 24.1. The first kappa shape index (κ1) is 17.7. The number of carbonyl (C=O) groups excluding carboxylic acids is 1. The molecule has 0 spiro atoms. The zero-order chi connectivity index (χ0) is 18.5. The molecule has 3 rings (SSSR count). The average Bonchev–Trinajstić information content (AvgIpc) is 2.62. The maximum Gasteiger partial charge on any atom is 0.250 e. The summed E-state index contributed by atoms with van der Waals surface area (Å²) in [5.74, 6) is 0.765. The highest BCUT2D eigenvalue weighted by Crippen LogP contribution is 2.31. The zero-order valence-corrected chi connectivity index (χ0v) is 14.6. The van der Waals surface area contributed by atoms with E-state index >= 15 is 0 Å². The Kier molecular flexibility index (Phi) is 5.34.